The van der Waals surface area contributed by atoms with Gasteiger partial charge in [-0.05, 0) is 89.9 Å². The van der Waals surface area contributed by atoms with E-state index in [1.165, 1.54) is 77.0 Å². The van der Waals surface area contributed by atoms with Gasteiger partial charge >= 0.3 is 17.9 Å². The summed E-state index contributed by atoms with van der Waals surface area (Å²) in [5, 5.41) is 0. The Morgan fingerprint density at radius 1 is 0.318 bits per heavy atom. The smallest absolute Gasteiger partial charge is 0.306 e. The number of esters is 3. The quantitative estimate of drug-likeness (QED) is 0.0199. The third kappa shape index (κ3) is 50.8. The van der Waals surface area contributed by atoms with Crippen molar-refractivity contribution in [1.82, 2.24) is 0 Å². The van der Waals surface area contributed by atoms with E-state index in [1.807, 2.05) is 72.9 Å². The Hall–Kier alpha value is -4.19. The Morgan fingerprint density at radius 2 is 0.606 bits per heavy atom. The molecule has 0 heterocycles. The molecule has 6 nitrogen and oxygen atoms in total. The van der Waals surface area contributed by atoms with Gasteiger partial charge in [0.2, 0.25) is 0 Å². The highest BCUT2D eigenvalue weighted by Gasteiger charge is 2.19. The van der Waals surface area contributed by atoms with Gasteiger partial charge in [0.1, 0.15) is 13.2 Å². The van der Waals surface area contributed by atoms with Crippen LogP contribution >= 0.6 is 0 Å². The van der Waals surface area contributed by atoms with Crippen LogP contribution in [0.5, 0.6) is 0 Å². The van der Waals surface area contributed by atoms with Crippen molar-refractivity contribution in [2.45, 2.75) is 226 Å². The summed E-state index contributed by atoms with van der Waals surface area (Å²) in [7, 11) is 0. The fourth-order valence-electron chi connectivity index (χ4n) is 6.88. The van der Waals surface area contributed by atoms with Crippen LogP contribution in [0.3, 0.4) is 0 Å². The van der Waals surface area contributed by atoms with Crippen LogP contribution in [0.25, 0.3) is 0 Å². The molecule has 0 spiro atoms. The lowest BCUT2D eigenvalue weighted by Crippen LogP contribution is -2.30. The summed E-state index contributed by atoms with van der Waals surface area (Å²) in [4.78, 5) is 38.0. The molecule has 6 heteroatoms. The molecule has 0 aliphatic rings. The lowest BCUT2D eigenvalue weighted by Gasteiger charge is -2.18. The topological polar surface area (TPSA) is 78.9 Å². The first-order valence-corrected chi connectivity index (χ1v) is 26.7. The van der Waals surface area contributed by atoms with Crippen LogP contribution in [-0.2, 0) is 28.6 Å². The minimum absolute atomic E-state index is 0.109. The predicted octanol–water partition coefficient (Wildman–Crippen LogP) is 17.7. The second-order valence-corrected chi connectivity index (χ2v) is 17.3. The molecule has 0 aliphatic heterocycles. The standard InChI is InChI=1S/C60H96O6/c1-4-7-10-13-16-19-22-25-28-29-30-31-33-35-38-41-44-47-50-53-59(62)65-56-57(55-64-58(61)52-49-46-43-40-37-34-27-24-21-18-15-12-9-6-3)66-60(63)54-51-48-45-42-39-36-32-26-23-20-17-14-11-8-5-2/h7,10,13,16-17,19-20,22-23,25-26,28-31,33-35,37-38,57H,4-6,8-9,11-12,14-15,18,21,24,27,32,36,39-56H2,1-3H3/b10-7-,16-13-,20-17-,22-19-,26-23-,28-25-,30-29+,33-31-,37-34-,38-35-. The van der Waals surface area contributed by atoms with E-state index in [1.54, 1.807) is 0 Å². The maximum atomic E-state index is 12.8. The maximum absolute atomic E-state index is 12.8. The van der Waals surface area contributed by atoms with Gasteiger partial charge in [0.15, 0.2) is 6.10 Å². The third-order valence-corrected chi connectivity index (χ3v) is 10.9. The highest BCUT2D eigenvalue weighted by molar-refractivity contribution is 5.71. The first-order chi connectivity index (χ1) is 32.5. The van der Waals surface area contributed by atoms with Crippen molar-refractivity contribution in [2.75, 3.05) is 13.2 Å². The summed E-state index contributed by atoms with van der Waals surface area (Å²) >= 11 is 0. The van der Waals surface area contributed by atoms with Gasteiger partial charge in [-0.25, -0.2) is 0 Å². The third-order valence-electron chi connectivity index (χ3n) is 10.9. The van der Waals surface area contributed by atoms with Gasteiger partial charge in [0.25, 0.3) is 0 Å². The first kappa shape index (κ1) is 61.8. The van der Waals surface area contributed by atoms with Crippen LogP contribution < -0.4 is 0 Å². The van der Waals surface area contributed by atoms with E-state index >= 15 is 0 Å². The lowest BCUT2D eigenvalue weighted by atomic mass is 10.1. The Kier molecular flexibility index (Phi) is 50.0. The Morgan fingerprint density at radius 3 is 1.03 bits per heavy atom. The predicted molar refractivity (Wildman–Crippen MR) is 283 cm³/mol. The van der Waals surface area contributed by atoms with Crippen molar-refractivity contribution in [3.63, 3.8) is 0 Å². The number of carbonyl (C=O) groups excluding carboxylic acids is 3. The van der Waals surface area contributed by atoms with E-state index in [4.69, 9.17) is 14.2 Å². The summed E-state index contributed by atoms with van der Waals surface area (Å²) < 4.78 is 16.8. The van der Waals surface area contributed by atoms with E-state index in [0.29, 0.717) is 19.3 Å². The molecule has 0 rings (SSSR count). The zero-order valence-corrected chi connectivity index (χ0v) is 42.4. The second kappa shape index (κ2) is 53.4. The highest BCUT2D eigenvalue weighted by atomic mass is 16.6. The van der Waals surface area contributed by atoms with Gasteiger partial charge in [0.05, 0.1) is 0 Å². The molecule has 0 aromatic carbocycles. The molecule has 0 aromatic rings. The van der Waals surface area contributed by atoms with Crippen molar-refractivity contribution in [3.8, 4) is 0 Å². The number of carbonyl (C=O) groups is 3. The molecule has 1 unspecified atom stereocenters. The van der Waals surface area contributed by atoms with Gasteiger partial charge in [-0.1, -0.05) is 232 Å². The molecule has 372 valence electrons. The number of ether oxygens (including phenoxy) is 3. The molecule has 0 radical (unpaired) electrons. The fraction of sp³-hybridized carbons (Fsp3) is 0.617. The minimum Gasteiger partial charge on any atom is -0.462 e. The van der Waals surface area contributed by atoms with Crippen molar-refractivity contribution < 1.29 is 28.6 Å². The largest absolute Gasteiger partial charge is 0.462 e. The van der Waals surface area contributed by atoms with Gasteiger partial charge in [-0.3, -0.25) is 14.4 Å². The van der Waals surface area contributed by atoms with Crippen LogP contribution in [-0.4, -0.2) is 37.2 Å². The molecular weight excluding hydrogens is 817 g/mol. The van der Waals surface area contributed by atoms with Crippen molar-refractivity contribution >= 4 is 17.9 Å². The summed E-state index contributed by atoms with van der Waals surface area (Å²) in [6, 6.07) is 0. The van der Waals surface area contributed by atoms with Crippen LogP contribution in [0.1, 0.15) is 220 Å². The average molecular weight is 913 g/mol. The number of rotatable bonds is 46. The Balaban J connectivity index is 4.55. The number of hydrogen-bond acceptors (Lipinski definition) is 6. The highest BCUT2D eigenvalue weighted by Crippen LogP contribution is 2.13. The van der Waals surface area contributed by atoms with Gasteiger partial charge in [-0.2, -0.15) is 0 Å². The van der Waals surface area contributed by atoms with Crippen LogP contribution in [0.4, 0.5) is 0 Å². The van der Waals surface area contributed by atoms with Crippen molar-refractivity contribution in [3.05, 3.63) is 122 Å². The number of hydrogen-bond donors (Lipinski definition) is 0. The van der Waals surface area contributed by atoms with Gasteiger partial charge in [-0.15, -0.1) is 0 Å². The van der Waals surface area contributed by atoms with E-state index in [0.717, 1.165) is 103 Å². The molecule has 0 saturated heterocycles. The lowest BCUT2D eigenvalue weighted by molar-refractivity contribution is -0.167. The molecule has 1 atom stereocenters. The summed E-state index contributed by atoms with van der Waals surface area (Å²) in [6.07, 6.45) is 73.1. The van der Waals surface area contributed by atoms with E-state index in [-0.39, 0.29) is 31.1 Å². The molecule has 0 fully saturated rings. The molecule has 0 aromatic heterocycles. The van der Waals surface area contributed by atoms with E-state index in [9.17, 15) is 14.4 Å². The molecule has 0 bridgehead atoms. The van der Waals surface area contributed by atoms with Crippen LogP contribution in [0.15, 0.2) is 122 Å². The van der Waals surface area contributed by atoms with Gasteiger partial charge < -0.3 is 14.2 Å². The SMILES string of the molecule is CC\C=C/C=C\C=C/C=C\C=C\C=C/C=C\CCCCCC(=O)OCC(COC(=O)CCCCC/C=C\CCCCCCCCC)OC(=O)CCCCCCCC/C=C\C=C/CCCCC. The number of unbranched alkanes of at least 4 members (excludes halogenated alkanes) is 22. The fourth-order valence-corrected chi connectivity index (χ4v) is 6.88. The molecule has 0 aliphatic carbocycles. The second-order valence-electron chi connectivity index (χ2n) is 17.3. The molecule has 66 heavy (non-hydrogen) atoms. The van der Waals surface area contributed by atoms with E-state index in [2.05, 4.69) is 69.4 Å². The monoisotopic (exact) mass is 913 g/mol. The van der Waals surface area contributed by atoms with Crippen molar-refractivity contribution in [1.29, 1.82) is 0 Å². The van der Waals surface area contributed by atoms with Gasteiger partial charge in [0, 0.05) is 19.3 Å². The molecule has 0 N–H and O–H groups in total. The minimum atomic E-state index is -0.813. The van der Waals surface area contributed by atoms with Crippen molar-refractivity contribution in [2.24, 2.45) is 0 Å². The summed E-state index contributed by atoms with van der Waals surface area (Å²) in [6.45, 7) is 6.38. The Bertz CT molecular complexity index is 1420. The molecule has 0 amide bonds. The van der Waals surface area contributed by atoms with E-state index < -0.39 is 6.10 Å². The number of allylic oxidation sites excluding steroid dienone is 20. The zero-order valence-electron chi connectivity index (χ0n) is 42.4. The zero-order chi connectivity index (χ0) is 47.9. The van der Waals surface area contributed by atoms with Crippen LogP contribution in [0.2, 0.25) is 0 Å². The molecule has 0 saturated carbocycles. The van der Waals surface area contributed by atoms with Crippen LogP contribution in [0, 0.1) is 0 Å². The summed E-state index contributed by atoms with van der Waals surface area (Å²) in [5.74, 6) is -0.987. The average Bonchev–Trinajstić information content (AvgIpc) is 3.31. The maximum Gasteiger partial charge on any atom is 0.306 e. The molecular formula is C60H96O6. The first-order valence-electron chi connectivity index (χ1n) is 26.7. The summed E-state index contributed by atoms with van der Waals surface area (Å²) in [5.41, 5.74) is 0. The normalized spacial score (nSPS) is 13.1. The Labute approximate surface area is 405 Å².